The second-order valence-corrected chi connectivity index (χ2v) is 10.4. The summed E-state index contributed by atoms with van der Waals surface area (Å²) in [6.07, 6.45) is 1.78. The molecule has 1 aromatic carbocycles. The third-order valence-corrected chi connectivity index (χ3v) is 6.31. The molecule has 4 rings (SSSR count). The number of anilines is 2. The second-order valence-electron chi connectivity index (χ2n) is 10.00. The molecule has 2 heterocycles. The molecule has 198 valence electrons. The Hall–Kier alpha value is -3.57. The fraction of sp³-hybridized carbons (Fsp3) is 0.440. The van der Waals surface area contributed by atoms with Gasteiger partial charge in [-0.3, -0.25) is 9.69 Å². The first-order chi connectivity index (χ1) is 17.4. The van der Waals surface area contributed by atoms with Crippen molar-refractivity contribution in [2.45, 2.75) is 50.9 Å². The van der Waals surface area contributed by atoms with E-state index in [2.05, 4.69) is 15.4 Å². The van der Waals surface area contributed by atoms with Crippen LogP contribution in [0.2, 0.25) is 5.15 Å². The van der Waals surface area contributed by atoms with Crippen LogP contribution in [0.15, 0.2) is 30.5 Å². The molecule has 0 radical (unpaired) electrons. The summed E-state index contributed by atoms with van der Waals surface area (Å²) in [5, 5.41) is 7.43. The van der Waals surface area contributed by atoms with E-state index in [0.717, 1.165) is 5.56 Å². The molecule has 3 aromatic rings. The summed E-state index contributed by atoms with van der Waals surface area (Å²) >= 11 is 6.26. The van der Waals surface area contributed by atoms with Crippen LogP contribution in [0.3, 0.4) is 0 Å². The molecule has 1 unspecified atom stereocenters. The van der Waals surface area contributed by atoms with E-state index in [1.807, 2.05) is 6.07 Å². The number of nitrogens with one attached hydrogen (secondary N) is 1. The molecule has 11 nitrogen and oxygen atoms in total. The number of carbonyl (C=O) groups excluding carboxylic acids is 2. The maximum absolute atomic E-state index is 13.4. The third-order valence-electron chi connectivity index (χ3n) is 6.12. The molecule has 2 amide bonds. The molecule has 12 heteroatoms. The van der Waals surface area contributed by atoms with Crippen LogP contribution in [-0.2, 0) is 9.47 Å². The Morgan fingerprint density at radius 1 is 1.24 bits per heavy atom. The quantitative estimate of drug-likeness (QED) is 0.438. The highest BCUT2D eigenvalue weighted by molar-refractivity contribution is 6.29. The Morgan fingerprint density at radius 3 is 2.51 bits per heavy atom. The van der Waals surface area contributed by atoms with Crippen LogP contribution in [0.5, 0.6) is 5.75 Å². The van der Waals surface area contributed by atoms with E-state index >= 15 is 0 Å². The van der Waals surface area contributed by atoms with Gasteiger partial charge in [-0.15, -0.1) is 0 Å². The molecular formula is C25H31ClN6O5. The number of aromatic nitrogens is 3. The Kier molecular flexibility index (Phi) is 6.95. The number of methoxy groups -OCH3 is 2. The Balaban J connectivity index is 1.62. The van der Waals surface area contributed by atoms with Gasteiger partial charge in [0.2, 0.25) is 0 Å². The van der Waals surface area contributed by atoms with E-state index in [1.165, 1.54) is 28.7 Å². The van der Waals surface area contributed by atoms with Gasteiger partial charge in [0, 0.05) is 20.2 Å². The summed E-state index contributed by atoms with van der Waals surface area (Å²) in [7, 11) is 4.68. The SMILES string of the molecule is COc1ccc(C(OC)C2(NC(=O)c3cnc4c(N(C)C(=O)OC(C)(C)C)cc(Cl)nn34)CC2)cc1N. The van der Waals surface area contributed by atoms with Gasteiger partial charge in [-0.1, -0.05) is 17.7 Å². The van der Waals surface area contributed by atoms with Gasteiger partial charge in [-0.05, 0) is 51.3 Å². The highest BCUT2D eigenvalue weighted by Crippen LogP contribution is 2.48. The van der Waals surface area contributed by atoms with Crippen molar-refractivity contribution in [1.29, 1.82) is 0 Å². The summed E-state index contributed by atoms with van der Waals surface area (Å²) in [6.45, 7) is 5.31. The average Bonchev–Trinajstić information content (AvgIpc) is 3.45. The summed E-state index contributed by atoms with van der Waals surface area (Å²) in [4.78, 5) is 31.7. The number of rotatable bonds is 7. The largest absolute Gasteiger partial charge is 0.495 e. The first-order valence-corrected chi connectivity index (χ1v) is 12.1. The van der Waals surface area contributed by atoms with E-state index < -0.39 is 29.2 Å². The minimum absolute atomic E-state index is 0.0783. The van der Waals surface area contributed by atoms with Gasteiger partial charge in [0.25, 0.3) is 5.91 Å². The van der Waals surface area contributed by atoms with Crippen LogP contribution in [0.4, 0.5) is 16.2 Å². The predicted molar refractivity (Wildman–Crippen MR) is 139 cm³/mol. The summed E-state index contributed by atoms with van der Waals surface area (Å²) in [6, 6.07) is 6.91. The van der Waals surface area contributed by atoms with Crippen LogP contribution in [0.25, 0.3) is 5.65 Å². The van der Waals surface area contributed by atoms with E-state index in [0.29, 0.717) is 30.0 Å². The van der Waals surface area contributed by atoms with Gasteiger partial charge in [0.05, 0.1) is 30.2 Å². The monoisotopic (exact) mass is 530 g/mol. The maximum atomic E-state index is 13.4. The van der Waals surface area contributed by atoms with Crippen molar-refractivity contribution in [3.05, 3.63) is 46.9 Å². The van der Waals surface area contributed by atoms with Crippen LogP contribution < -0.4 is 20.7 Å². The minimum atomic E-state index is -0.691. The number of nitrogen functional groups attached to an aromatic ring is 1. The fourth-order valence-corrected chi connectivity index (χ4v) is 4.41. The number of amides is 2. The molecule has 1 aliphatic carbocycles. The smallest absolute Gasteiger partial charge is 0.414 e. The lowest BCUT2D eigenvalue weighted by molar-refractivity contribution is 0.0519. The average molecular weight is 531 g/mol. The lowest BCUT2D eigenvalue weighted by Gasteiger charge is -2.27. The zero-order valence-corrected chi connectivity index (χ0v) is 22.4. The maximum Gasteiger partial charge on any atom is 0.414 e. The minimum Gasteiger partial charge on any atom is -0.495 e. The van der Waals surface area contributed by atoms with Gasteiger partial charge in [0.1, 0.15) is 17.5 Å². The second kappa shape index (κ2) is 9.71. The van der Waals surface area contributed by atoms with Crippen molar-refractivity contribution in [2.24, 2.45) is 0 Å². The number of fused-ring (bicyclic) bond motifs is 1. The lowest BCUT2D eigenvalue weighted by Crippen LogP contribution is -2.42. The van der Waals surface area contributed by atoms with Crippen molar-refractivity contribution in [2.75, 3.05) is 31.9 Å². The fourth-order valence-electron chi connectivity index (χ4n) is 4.23. The van der Waals surface area contributed by atoms with Gasteiger partial charge in [-0.25, -0.2) is 14.3 Å². The number of benzene rings is 1. The number of hydrogen-bond acceptors (Lipinski definition) is 8. The number of hydrogen-bond donors (Lipinski definition) is 2. The van der Waals surface area contributed by atoms with Crippen molar-refractivity contribution in [1.82, 2.24) is 19.9 Å². The predicted octanol–water partition coefficient (Wildman–Crippen LogP) is 3.99. The highest BCUT2D eigenvalue weighted by atomic mass is 35.5. The van der Waals surface area contributed by atoms with Crippen LogP contribution >= 0.6 is 11.6 Å². The lowest BCUT2D eigenvalue weighted by atomic mass is 9.99. The molecule has 0 bridgehead atoms. The Morgan fingerprint density at radius 2 is 1.95 bits per heavy atom. The third kappa shape index (κ3) is 5.28. The molecule has 1 aliphatic rings. The Bertz CT molecular complexity index is 1350. The zero-order chi connectivity index (χ0) is 27.1. The van der Waals surface area contributed by atoms with Crippen molar-refractivity contribution < 1.29 is 23.8 Å². The van der Waals surface area contributed by atoms with E-state index in [1.54, 1.807) is 47.1 Å². The topological polar surface area (TPSA) is 133 Å². The molecule has 37 heavy (non-hydrogen) atoms. The number of nitrogens with zero attached hydrogens (tertiary/aromatic N) is 4. The van der Waals surface area contributed by atoms with Crippen LogP contribution in [-0.4, -0.2) is 59.0 Å². The van der Waals surface area contributed by atoms with Gasteiger partial charge in [0.15, 0.2) is 16.5 Å². The number of halogens is 1. The van der Waals surface area contributed by atoms with E-state index in [-0.39, 0.29) is 16.5 Å². The standard InChI is InChI=1S/C25H31ClN6O5/c1-24(2,3)37-23(34)31(4)16-12-19(26)30-32-17(13-28-21(16)32)22(33)29-25(9-10-25)20(36-6)14-7-8-18(35-5)15(27)11-14/h7-8,11-13,20H,9-10,27H2,1-6H3,(H,29,33). The molecule has 1 atom stereocenters. The van der Waals surface area contributed by atoms with Gasteiger partial charge in [-0.2, -0.15) is 5.10 Å². The van der Waals surface area contributed by atoms with Crippen molar-refractivity contribution >= 4 is 40.6 Å². The number of imidazole rings is 1. The van der Waals surface area contributed by atoms with E-state index in [9.17, 15) is 9.59 Å². The van der Waals surface area contributed by atoms with Gasteiger partial charge >= 0.3 is 6.09 Å². The number of nitrogens with two attached hydrogens (primary N) is 1. The summed E-state index contributed by atoms with van der Waals surface area (Å²) in [5.41, 5.74) is 6.85. The van der Waals surface area contributed by atoms with Gasteiger partial charge < -0.3 is 25.3 Å². The van der Waals surface area contributed by atoms with Crippen molar-refractivity contribution in [3.63, 3.8) is 0 Å². The molecule has 0 aliphatic heterocycles. The molecule has 0 spiro atoms. The molecule has 0 saturated heterocycles. The molecule has 3 N–H and O–H groups in total. The molecule has 1 fully saturated rings. The molecular weight excluding hydrogens is 500 g/mol. The zero-order valence-electron chi connectivity index (χ0n) is 21.7. The van der Waals surface area contributed by atoms with E-state index in [4.69, 9.17) is 31.5 Å². The van der Waals surface area contributed by atoms with Crippen LogP contribution in [0, 0.1) is 0 Å². The first kappa shape index (κ1) is 26.5. The normalized spacial score (nSPS) is 15.2. The first-order valence-electron chi connectivity index (χ1n) is 11.7. The molecule has 1 saturated carbocycles. The number of ether oxygens (including phenoxy) is 3. The molecule has 2 aromatic heterocycles. The summed E-state index contributed by atoms with van der Waals surface area (Å²) < 4.78 is 17.8. The number of carbonyl (C=O) groups is 2. The van der Waals surface area contributed by atoms with Crippen LogP contribution in [0.1, 0.15) is 55.8 Å². The summed E-state index contributed by atoms with van der Waals surface area (Å²) in [5.74, 6) is 0.155. The van der Waals surface area contributed by atoms with Crippen molar-refractivity contribution in [3.8, 4) is 5.75 Å². The highest BCUT2D eigenvalue weighted by Gasteiger charge is 2.52. The Labute approximate surface area is 219 Å².